The molecule has 1 aromatic heterocycles. The lowest BCUT2D eigenvalue weighted by Gasteiger charge is -2.26. The zero-order chi connectivity index (χ0) is 26.7. The van der Waals surface area contributed by atoms with E-state index in [2.05, 4.69) is 20.9 Å². The molecule has 0 aliphatic carbocycles. The third-order valence-corrected chi connectivity index (χ3v) is 7.49. The van der Waals surface area contributed by atoms with Crippen molar-refractivity contribution in [3.8, 4) is 17.2 Å². The normalized spacial score (nSPS) is 15.2. The third kappa shape index (κ3) is 5.08. The van der Waals surface area contributed by atoms with Crippen LogP contribution in [0.4, 0.5) is 0 Å². The maximum absolute atomic E-state index is 13.9. The van der Waals surface area contributed by atoms with Crippen LogP contribution in [0.15, 0.2) is 61.9 Å². The van der Waals surface area contributed by atoms with Crippen molar-refractivity contribution in [2.24, 2.45) is 4.99 Å². The smallest absolute Gasteiger partial charge is 0.338 e. The number of esters is 1. The van der Waals surface area contributed by atoms with E-state index in [0.29, 0.717) is 48.9 Å². The first-order chi connectivity index (χ1) is 17.8. The molecule has 0 saturated heterocycles. The van der Waals surface area contributed by atoms with Crippen molar-refractivity contribution in [3.05, 3.63) is 83.0 Å². The summed E-state index contributed by atoms with van der Waals surface area (Å²) in [6.45, 7) is 6.08. The largest absolute Gasteiger partial charge is 0.493 e. The van der Waals surface area contributed by atoms with Gasteiger partial charge in [0.05, 0.1) is 49.3 Å². The molecule has 3 aromatic rings. The monoisotopic (exact) mass is 586 g/mol. The average Bonchev–Trinajstić information content (AvgIpc) is 3.18. The first kappa shape index (κ1) is 26.7. The van der Waals surface area contributed by atoms with Crippen molar-refractivity contribution in [1.82, 2.24) is 4.57 Å². The fourth-order valence-corrected chi connectivity index (χ4v) is 5.77. The maximum Gasteiger partial charge on any atom is 0.338 e. The molecule has 0 bridgehead atoms. The summed E-state index contributed by atoms with van der Waals surface area (Å²) >= 11 is 4.86. The third-order valence-electron chi connectivity index (χ3n) is 5.82. The van der Waals surface area contributed by atoms with Gasteiger partial charge in [0.1, 0.15) is 5.75 Å². The lowest BCUT2D eigenvalue weighted by molar-refractivity contribution is -0.139. The lowest BCUT2D eigenvalue weighted by Crippen LogP contribution is -2.40. The van der Waals surface area contributed by atoms with Crippen molar-refractivity contribution in [2.45, 2.75) is 26.8 Å². The van der Waals surface area contributed by atoms with Gasteiger partial charge in [-0.1, -0.05) is 45.5 Å². The molecule has 0 unspecified atom stereocenters. The van der Waals surface area contributed by atoms with E-state index in [4.69, 9.17) is 18.9 Å². The van der Waals surface area contributed by atoms with Crippen LogP contribution in [-0.4, -0.2) is 38.0 Å². The number of carbonyl (C=O) groups excluding carboxylic acids is 1. The minimum atomic E-state index is -0.797. The highest BCUT2D eigenvalue weighted by atomic mass is 79.9. The number of hydrogen-bond donors (Lipinski definition) is 0. The number of ether oxygens (including phenoxy) is 4. The van der Waals surface area contributed by atoms with Crippen molar-refractivity contribution in [1.29, 1.82) is 0 Å². The molecule has 10 heteroatoms. The Kier molecular flexibility index (Phi) is 8.19. The van der Waals surface area contributed by atoms with Gasteiger partial charge in [-0.3, -0.25) is 9.36 Å². The highest BCUT2D eigenvalue weighted by Crippen LogP contribution is 2.40. The van der Waals surface area contributed by atoms with Crippen LogP contribution in [0.2, 0.25) is 0 Å². The predicted octanol–water partition coefficient (Wildman–Crippen LogP) is 3.98. The Morgan fingerprint density at radius 3 is 2.49 bits per heavy atom. The van der Waals surface area contributed by atoms with Gasteiger partial charge in [0, 0.05) is 10.0 Å². The summed E-state index contributed by atoms with van der Waals surface area (Å²) in [7, 11) is 3.07. The van der Waals surface area contributed by atoms with Crippen LogP contribution in [0.3, 0.4) is 0 Å². The van der Waals surface area contributed by atoms with Crippen LogP contribution in [0.5, 0.6) is 17.2 Å². The summed E-state index contributed by atoms with van der Waals surface area (Å²) in [5.41, 5.74) is 1.89. The number of fused-ring (bicyclic) bond motifs is 1. The number of benzene rings is 2. The first-order valence-electron chi connectivity index (χ1n) is 11.7. The fourth-order valence-electron chi connectivity index (χ4n) is 4.19. The van der Waals surface area contributed by atoms with E-state index in [1.54, 1.807) is 39.2 Å². The van der Waals surface area contributed by atoms with Gasteiger partial charge < -0.3 is 18.9 Å². The second-order valence-corrected chi connectivity index (χ2v) is 9.87. The van der Waals surface area contributed by atoms with Gasteiger partial charge in [-0.25, -0.2) is 9.79 Å². The molecule has 1 aliphatic heterocycles. The Morgan fingerprint density at radius 1 is 1.11 bits per heavy atom. The summed E-state index contributed by atoms with van der Waals surface area (Å²) in [5, 5.41) is 0. The van der Waals surface area contributed by atoms with E-state index in [-0.39, 0.29) is 17.7 Å². The molecular weight excluding hydrogens is 560 g/mol. The quantitative estimate of drug-likeness (QED) is 0.371. The summed E-state index contributed by atoms with van der Waals surface area (Å²) in [5.74, 6) is 1.12. The molecule has 0 saturated carbocycles. The molecule has 8 nitrogen and oxygen atoms in total. The van der Waals surface area contributed by atoms with Crippen LogP contribution in [0.1, 0.15) is 37.9 Å². The van der Waals surface area contributed by atoms with Crippen LogP contribution in [0.25, 0.3) is 6.08 Å². The van der Waals surface area contributed by atoms with Gasteiger partial charge >= 0.3 is 5.97 Å². The van der Waals surface area contributed by atoms with Gasteiger partial charge in [0.25, 0.3) is 5.56 Å². The van der Waals surface area contributed by atoms with Crippen LogP contribution < -0.4 is 29.1 Å². The molecule has 0 fully saturated rings. The van der Waals surface area contributed by atoms with Crippen molar-refractivity contribution >= 4 is 39.3 Å². The maximum atomic E-state index is 13.9. The fraction of sp³-hybridized carbons (Fsp3) is 0.296. The van der Waals surface area contributed by atoms with E-state index in [1.807, 2.05) is 31.2 Å². The van der Waals surface area contributed by atoms with Crippen LogP contribution >= 0.6 is 27.3 Å². The molecular formula is C27H27BrN2O6S. The van der Waals surface area contributed by atoms with Crippen molar-refractivity contribution in [3.63, 3.8) is 0 Å². The number of thiazole rings is 1. The standard InChI is InChI=1S/C27H27BrN2O6S/c1-6-35-19-11-9-8-10-16(19)12-22-25(31)30-24(17-13-20(33-4)21(34-5)14-18(17)28)23(26(32)36-7-2)15(3)29-27(30)37-22/h8-14,24H,6-7H2,1-5H3/b22-12-/t24-/m1/s1. The minimum Gasteiger partial charge on any atom is -0.493 e. The number of aromatic nitrogens is 1. The SMILES string of the molecule is CCOC(=O)C1=C(C)N=c2s/c(=C\c3ccccc3OCC)c(=O)n2[C@@H]1c1cc(OC)c(OC)cc1Br. The molecule has 0 N–H and O–H groups in total. The number of methoxy groups -OCH3 is 2. The summed E-state index contributed by atoms with van der Waals surface area (Å²) in [4.78, 5) is 32.2. The molecule has 2 heterocycles. The zero-order valence-electron chi connectivity index (χ0n) is 21.2. The Labute approximate surface area is 226 Å². The number of hydrogen-bond acceptors (Lipinski definition) is 8. The summed E-state index contributed by atoms with van der Waals surface area (Å²) in [6.07, 6.45) is 1.79. The highest BCUT2D eigenvalue weighted by Gasteiger charge is 2.35. The van der Waals surface area contributed by atoms with E-state index < -0.39 is 12.0 Å². The van der Waals surface area contributed by atoms with Crippen molar-refractivity contribution < 1.29 is 23.7 Å². The second-order valence-electron chi connectivity index (χ2n) is 8.00. The number of carbonyl (C=O) groups is 1. The molecule has 1 atom stereocenters. The molecule has 1 aliphatic rings. The van der Waals surface area contributed by atoms with Gasteiger partial charge in [-0.05, 0) is 50.6 Å². The number of rotatable bonds is 8. The molecule has 0 radical (unpaired) electrons. The van der Waals surface area contributed by atoms with Gasteiger partial charge in [0.2, 0.25) is 0 Å². The number of allylic oxidation sites excluding steroid dienone is 1. The Bertz CT molecular complexity index is 1560. The van der Waals surface area contributed by atoms with E-state index in [1.165, 1.54) is 23.0 Å². The van der Waals surface area contributed by atoms with Crippen LogP contribution in [-0.2, 0) is 9.53 Å². The Hall–Kier alpha value is -3.37. The van der Waals surface area contributed by atoms with Crippen molar-refractivity contribution in [2.75, 3.05) is 27.4 Å². The topological polar surface area (TPSA) is 88.4 Å². The van der Waals surface area contributed by atoms with Gasteiger partial charge in [0.15, 0.2) is 16.3 Å². The molecule has 2 aromatic carbocycles. The first-order valence-corrected chi connectivity index (χ1v) is 13.3. The Morgan fingerprint density at radius 2 is 1.81 bits per heavy atom. The molecule has 4 rings (SSSR count). The minimum absolute atomic E-state index is 0.189. The van der Waals surface area contributed by atoms with E-state index in [0.717, 1.165) is 5.56 Å². The average molecular weight is 587 g/mol. The zero-order valence-corrected chi connectivity index (χ0v) is 23.6. The summed E-state index contributed by atoms with van der Waals surface area (Å²) in [6, 6.07) is 10.2. The van der Waals surface area contributed by atoms with Gasteiger partial charge in [-0.2, -0.15) is 0 Å². The van der Waals surface area contributed by atoms with E-state index >= 15 is 0 Å². The predicted molar refractivity (Wildman–Crippen MR) is 145 cm³/mol. The Balaban J connectivity index is 2.01. The summed E-state index contributed by atoms with van der Waals surface area (Å²) < 4.78 is 24.7. The molecule has 194 valence electrons. The van der Waals surface area contributed by atoms with Crippen LogP contribution in [0, 0.1) is 0 Å². The molecule has 0 spiro atoms. The molecule has 37 heavy (non-hydrogen) atoms. The number of nitrogens with zero attached hydrogens (tertiary/aromatic N) is 2. The number of halogens is 1. The highest BCUT2D eigenvalue weighted by molar-refractivity contribution is 9.10. The second kappa shape index (κ2) is 11.4. The van der Waals surface area contributed by atoms with Gasteiger partial charge in [-0.15, -0.1) is 0 Å². The lowest BCUT2D eigenvalue weighted by atomic mass is 9.95. The number of para-hydroxylation sites is 1. The molecule has 0 amide bonds. The van der Waals surface area contributed by atoms with E-state index in [9.17, 15) is 9.59 Å².